The van der Waals surface area contributed by atoms with E-state index in [9.17, 15) is 5.11 Å². The molecule has 3 rings (SSSR count). The zero-order chi connectivity index (χ0) is 23.0. The number of nitrogens with one attached hydrogen (secondary N) is 1. The lowest BCUT2D eigenvalue weighted by molar-refractivity contribution is 0.159. The highest BCUT2D eigenvalue weighted by atomic mass is 16.5. The largest absolute Gasteiger partial charge is 0.487 e. The molecule has 0 radical (unpaired) electrons. The van der Waals surface area contributed by atoms with Crippen LogP contribution in [0.1, 0.15) is 43.1 Å². The summed E-state index contributed by atoms with van der Waals surface area (Å²) in [5.41, 5.74) is 4.24. The Kier molecular flexibility index (Phi) is 8.32. The van der Waals surface area contributed by atoms with Crippen LogP contribution >= 0.6 is 0 Å². The van der Waals surface area contributed by atoms with E-state index in [0.717, 1.165) is 35.4 Å². The highest BCUT2D eigenvalue weighted by molar-refractivity contribution is 5.59. The van der Waals surface area contributed by atoms with E-state index >= 15 is 0 Å². The van der Waals surface area contributed by atoms with Gasteiger partial charge in [-0.2, -0.15) is 0 Å². The van der Waals surface area contributed by atoms with Crippen molar-refractivity contribution in [1.82, 2.24) is 5.32 Å². The SMILES string of the molecule is CN(C)c1cc(C(O)CNC(C)(C)CCc2ccccc2)ccc1OCc1ccccc1. The van der Waals surface area contributed by atoms with E-state index < -0.39 is 6.10 Å². The van der Waals surface area contributed by atoms with Crippen LogP contribution in [0.2, 0.25) is 0 Å². The van der Waals surface area contributed by atoms with Gasteiger partial charge in [-0.3, -0.25) is 0 Å². The maximum absolute atomic E-state index is 10.9. The van der Waals surface area contributed by atoms with Crippen molar-refractivity contribution in [3.05, 3.63) is 95.6 Å². The van der Waals surface area contributed by atoms with Crippen molar-refractivity contribution in [1.29, 1.82) is 0 Å². The van der Waals surface area contributed by atoms with Crippen molar-refractivity contribution in [2.75, 3.05) is 25.5 Å². The molecule has 0 aromatic heterocycles. The molecule has 0 heterocycles. The third-order valence-electron chi connectivity index (χ3n) is 5.74. The Hall–Kier alpha value is -2.82. The number of rotatable bonds is 11. The van der Waals surface area contributed by atoms with E-state index in [1.165, 1.54) is 5.56 Å². The summed E-state index contributed by atoms with van der Waals surface area (Å²) in [7, 11) is 3.98. The van der Waals surface area contributed by atoms with Crippen molar-refractivity contribution in [2.45, 2.75) is 44.9 Å². The summed E-state index contributed by atoms with van der Waals surface area (Å²) in [4.78, 5) is 2.02. The van der Waals surface area contributed by atoms with Crippen molar-refractivity contribution >= 4 is 5.69 Å². The minimum Gasteiger partial charge on any atom is -0.487 e. The summed E-state index contributed by atoms with van der Waals surface area (Å²) in [6.45, 7) is 5.39. The lowest BCUT2D eigenvalue weighted by Crippen LogP contribution is -2.42. The van der Waals surface area contributed by atoms with E-state index in [4.69, 9.17) is 4.74 Å². The molecule has 0 saturated heterocycles. The molecule has 0 saturated carbocycles. The molecule has 0 aliphatic carbocycles. The number of hydrogen-bond donors (Lipinski definition) is 2. The Morgan fingerprint density at radius 3 is 2.16 bits per heavy atom. The van der Waals surface area contributed by atoms with Gasteiger partial charge in [-0.15, -0.1) is 0 Å². The molecule has 4 nitrogen and oxygen atoms in total. The summed E-state index contributed by atoms with van der Waals surface area (Å²) in [5.74, 6) is 0.811. The average molecular weight is 433 g/mol. The Morgan fingerprint density at radius 2 is 1.53 bits per heavy atom. The molecular formula is C28H36N2O2. The summed E-state index contributed by atoms with van der Waals surface area (Å²) in [6, 6.07) is 26.6. The van der Waals surface area contributed by atoms with Crippen molar-refractivity contribution < 1.29 is 9.84 Å². The molecule has 4 heteroatoms. The first-order valence-electron chi connectivity index (χ1n) is 11.3. The molecule has 32 heavy (non-hydrogen) atoms. The Morgan fingerprint density at radius 1 is 0.906 bits per heavy atom. The standard InChI is InChI=1S/C28H36N2O2/c1-28(2,18-17-22-11-7-5-8-12-22)29-20-26(31)24-15-16-27(25(19-24)30(3)4)32-21-23-13-9-6-10-14-23/h5-16,19,26,29,31H,17-18,20-21H2,1-4H3. The van der Waals surface area contributed by atoms with Crippen molar-refractivity contribution in [3.63, 3.8) is 0 Å². The molecule has 2 N–H and O–H groups in total. The maximum atomic E-state index is 10.9. The summed E-state index contributed by atoms with van der Waals surface area (Å²) in [5, 5.41) is 14.4. The van der Waals surface area contributed by atoms with Crippen molar-refractivity contribution in [3.8, 4) is 5.75 Å². The van der Waals surface area contributed by atoms with E-state index in [1.807, 2.05) is 61.5 Å². The predicted octanol–water partition coefficient (Wildman–Crippen LogP) is 5.37. The average Bonchev–Trinajstić information content (AvgIpc) is 2.81. The van der Waals surface area contributed by atoms with Gasteiger partial charge in [0.15, 0.2) is 0 Å². The quantitative estimate of drug-likeness (QED) is 0.428. The number of β-amino-alcohol motifs (C(OH)–C–C–N with tert-alkyl or cyclic N) is 1. The smallest absolute Gasteiger partial charge is 0.143 e. The monoisotopic (exact) mass is 432 g/mol. The molecule has 1 atom stereocenters. The van der Waals surface area contributed by atoms with E-state index in [0.29, 0.717) is 13.2 Å². The zero-order valence-corrected chi connectivity index (χ0v) is 19.7. The number of aliphatic hydroxyl groups is 1. The fourth-order valence-electron chi connectivity index (χ4n) is 3.63. The first-order valence-corrected chi connectivity index (χ1v) is 11.3. The van der Waals surface area contributed by atoms with Gasteiger partial charge in [0.2, 0.25) is 0 Å². The molecule has 0 amide bonds. The van der Waals surface area contributed by atoms with Crippen LogP contribution in [0.5, 0.6) is 5.75 Å². The predicted molar refractivity (Wildman–Crippen MR) is 133 cm³/mol. The molecular weight excluding hydrogens is 396 g/mol. The number of anilines is 1. The van der Waals surface area contributed by atoms with Crippen LogP contribution in [0.4, 0.5) is 5.69 Å². The highest BCUT2D eigenvalue weighted by Crippen LogP contribution is 2.31. The minimum absolute atomic E-state index is 0.0695. The van der Waals surface area contributed by atoms with E-state index in [2.05, 4.69) is 55.6 Å². The van der Waals surface area contributed by atoms with Gasteiger partial charge < -0.3 is 20.1 Å². The number of aliphatic hydroxyl groups excluding tert-OH is 1. The summed E-state index contributed by atoms with van der Waals surface area (Å²) < 4.78 is 6.07. The van der Waals surface area contributed by atoms with Crippen LogP contribution in [0.3, 0.4) is 0 Å². The number of aryl methyl sites for hydroxylation is 1. The van der Waals surface area contributed by atoms with Crippen LogP contribution in [0.25, 0.3) is 0 Å². The number of benzene rings is 3. The lowest BCUT2D eigenvalue weighted by Gasteiger charge is -2.28. The first kappa shape index (κ1) is 23.8. The third kappa shape index (κ3) is 7.11. The molecule has 1 unspecified atom stereocenters. The number of nitrogens with zero attached hydrogens (tertiary/aromatic N) is 1. The van der Waals surface area contributed by atoms with Gasteiger partial charge in [0.05, 0.1) is 11.8 Å². The Balaban J connectivity index is 1.59. The fraction of sp³-hybridized carbons (Fsp3) is 0.357. The van der Waals surface area contributed by atoms with Gasteiger partial charge in [0, 0.05) is 26.2 Å². The van der Waals surface area contributed by atoms with Crippen LogP contribution < -0.4 is 15.0 Å². The second-order valence-corrected chi connectivity index (χ2v) is 9.16. The second-order valence-electron chi connectivity index (χ2n) is 9.16. The maximum Gasteiger partial charge on any atom is 0.143 e. The normalized spacial score (nSPS) is 12.4. The molecule has 3 aromatic rings. The molecule has 0 spiro atoms. The summed E-state index contributed by atoms with van der Waals surface area (Å²) >= 11 is 0. The van der Waals surface area contributed by atoms with Crippen LogP contribution in [-0.4, -0.2) is 31.3 Å². The third-order valence-corrected chi connectivity index (χ3v) is 5.74. The highest BCUT2D eigenvalue weighted by Gasteiger charge is 2.20. The van der Waals surface area contributed by atoms with Gasteiger partial charge in [-0.1, -0.05) is 66.7 Å². The van der Waals surface area contributed by atoms with Crippen molar-refractivity contribution in [2.24, 2.45) is 0 Å². The summed E-state index contributed by atoms with van der Waals surface area (Å²) in [6.07, 6.45) is 1.42. The molecule has 3 aromatic carbocycles. The van der Waals surface area contributed by atoms with Gasteiger partial charge in [0.1, 0.15) is 12.4 Å². The molecule has 0 aliphatic heterocycles. The topological polar surface area (TPSA) is 44.7 Å². The Bertz CT molecular complexity index is 956. The zero-order valence-electron chi connectivity index (χ0n) is 19.7. The van der Waals surface area contributed by atoms with E-state index in [-0.39, 0.29) is 5.54 Å². The number of hydrogen-bond acceptors (Lipinski definition) is 4. The molecule has 170 valence electrons. The van der Waals surface area contributed by atoms with Gasteiger partial charge in [-0.05, 0) is 55.5 Å². The van der Waals surface area contributed by atoms with Crippen LogP contribution in [0, 0.1) is 0 Å². The molecule has 0 fully saturated rings. The fourth-order valence-corrected chi connectivity index (χ4v) is 3.63. The molecule has 0 aliphatic rings. The Labute approximate surface area is 192 Å². The molecule has 0 bridgehead atoms. The van der Waals surface area contributed by atoms with Gasteiger partial charge in [-0.25, -0.2) is 0 Å². The lowest BCUT2D eigenvalue weighted by atomic mass is 9.94. The van der Waals surface area contributed by atoms with Crippen LogP contribution in [0.15, 0.2) is 78.9 Å². The van der Waals surface area contributed by atoms with Gasteiger partial charge in [0.25, 0.3) is 0 Å². The first-order chi connectivity index (χ1) is 15.3. The van der Waals surface area contributed by atoms with E-state index in [1.54, 1.807) is 0 Å². The second kappa shape index (κ2) is 11.2. The van der Waals surface area contributed by atoms with Gasteiger partial charge >= 0.3 is 0 Å². The number of ether oxygens (including phenoxy) is 1. The van der Waals surface area contributed by atoms with Crippen LogP contribution in [-0.2, 0) is 13.0 Å². The minimum atomic E-state index is -0.590.